The molecule has 1 unspecified atom stereocenters. The van der Waals surface area contributed by atoms with Gasteiger partial charge in [-0.2, -0.15) is 10.2 Å². The second-order valence-electron chi connectivity index (χ2n) is 5.78. The number of carbonyl (C=O) groups excluding carboxylic acids is 1. The zero-order valence-electron chi connectivity index (χ0n) is 14.1. The average molecular weight is 361 g/mol. The number of aryl methyl sites for hydroxylation is 1. The summed E-state index contributed by atoms with van der Waals surface area (Å²) in [5.74, 6) is 2.09. The van der Waals surface area contributed by atoms with Crippen LogP contribution < -0.4 is 5.32 Å². The number of aromatic nitrogens is 6. The number of thioether (sulfide) groups is 1. The van der Waals surface area contributed by atoms with Crippen molar-refractivity contribution in [3.8, 4) is 0 Å². The largest absolute Gasteiger partial charge is 0.455 e. The van der Waals surface area contributed by atoms with E-state index in [1.54, 1.807) is 23.9 Å². The summed E-state index contributed by atoms with van der Waals surface area (Å²) in [6.45, 7) is 4.03. The number of nitrogens with one attached hydrogen (secondary N) is 2. The highest BCUT2D eigenvalue weighted by Gasteiger charge is 2.24. The van der Waals surface area contributed by atoms with Crippen LogP contribution in [0, 0.1) is 5.92 Å². The number of nitrogens with zero attached hydrogens (tertiary/aromatic N) is 5. The summed E-state index contributed by atoms with van der Waals surface area (Å²) in [6, 6.07) is 3.20. The number of rotatable bonds is 7. The third kappa shape index (κ3) is 4.08. The Morgan fingerprint density at radius 2 is 2.20 bits per heavy atom. The van der Waals surface area contributed by atoms with Crippen LogP contribution in [0.2, 0.25) is 0 Å². The number of furan rings is 1. The first kappa shape index (κ1) is 17.2. The van der Waals surface area contributed by atoms with Gasteiger partial charge in [-0.1, -0.05) is 25.6 Å². The maximum Gasteiger partial charge on any atom is 0.287 e. The van der Waals surface area contributed by atoms with Crippen LogP contribution in [-0.4, -0.2) is 35.9 Å². The third-order valence-corrected chi connectivity index (χ3v) is 4.51. The van der Waals surface area contributed by atoms with Crippen LogP contribution in [0.4, 0.5) is 0 Å². The van der Waals surface area contributed by atoms with E-state index in [9.17, 15) is 4.79 Å². The summed E-state index contributed by atoms with van der Waals surface area (Å²) < 4.78 is 7.29. The third-order valence-electron chi connectivity index (χ3n) is 3.61. The molecule has 3 heterocycles. The lowest BCUT2D eigenvalue weighted by Crippen LogP contribution is -2.33. The minimum atomic E-state index is -0.280. The van der Waals surface area contributed by atoms with Gasteiger partial charge in [0.15, 0.2) is 10.9 Å². The molecule has 0 saturated heterocycles. The molecule has 0 saturated carbocycles. The van der Waals surface area contributed by atoms with E-state index < -0.39 is 0 Å². The molecule has 0 spiro atoms. The number of hydrogen-bond donors (Lipinski definition) is 2. The van der Waals surface area contributed by atoms with Crippen LogP contribution >= 0.6 is 11.8 Å². The standard InChI is InChI=1S/C15H19N7O2S/c1-9(2)12(13-16-8-19-22(13)3)20-14(23)11-5-4-10(24-11)6-25-15-17-7-18-21-15/h4-5,7-9,12H,6H2,1-3H3,(H,20,23)(H,17,18,21). The van der Waals surface area contributed by atoms with Crippen LogP contribution in [0.1, 0.15) is 42.0 Å². The Morgan fingerprint density at radius 3 is 2.84 bits per heavy atom. The van der Waals surface area contributed by atoms with Crippen molar-refractivity contribution >= 4 is 17.7 Å². The predicted molar refractivity (Wildman–Crippen MR) is 90.7 cm³/mol. The Labute approximate surface area is 148 Å². The SMILES string of the molecule is CC(C)C(NC(=O)c1ccc(CSc2ncn[nH]2)o1)c1ncnn1C. The summed E-state index contributed by atoms with van der Waals surface area (Å²) in [4.78, 5) is 20.8. The van der Waals surface area contributed by atoms with Crippen molar-refractivity contribution in [3.63, 3.8) is 0 Å². The zero-order valence-corrected chi connectivity index (χ0v) is 14.9. The molecule has 0 bridgehead atoms. The topological polar surface area (TPSA) is 115 Å². The van der Waals surface area contributed by atoms with Gasteiger partial charge in [-0.25, -0.2) is 9.97 Å². The molecule has 0 fully saturated rings. The van der Waals surface area contributed by atoms with Crippen molar-refractivity contribution in [2.75, 3.05) is 0 Å². The van der Waals surface area contributed by atoms with Gasteiger partial charge in [-0.3, -0.25) is 14.6 Å². The summed E-state index contributed by atoms with van der Waals surface area (Å²) in [6.07, 6.45) is 2.92. The van der Waals surface area contributed by atoms with Gasteiger partial charge in [-0.05, 0) is 18.1 Å². The highest BCUT2D eigenvalue weighted by atomic mass is 32.2. The molecular weight excluding hydrogens is 342 g/mol. The number of aromatic amines is 1. The number of carbonyl (C=O) groups is 1. The molecule has 0 aromatic carbocycles. The maximum absolute atomic E-state index is 12.5. The fourth-order valence-electron chi connectivity index (χ4n) is 2.31. The van der Waals surface area contributed by atoms with E-state index in [1.807, 2.05) is 13.8 Å². The fourth-order valence-corrected chi connectivity index (χ4v) is 2.98. The van der Waals surface area contributed by atoms with E-state index in [2.05, 4.69) is 30.6 Å². The van der Waals surface area contributed by atoms with Crippen molar-refractivity contribution in [3.05, 3.63) is 42.1 Å². The van der Waals surface area contributed by atoms with Gasteiger partial charge >= 0.3 is 0 Å². The summed E-state index contributed by atoms with van der Waals surface area (Å²) in [5.41, 5.74) is 0. The minimum Gasteiger partial charge on any atom is -0.455 e. The molecule has 3 aromatic rings. The van der Waals surface area contributed by atoms with Gasteiger partial charge in [0.1, 0.15) is 24.2 Å². The molecule has 2 N–H and O–H groups in total. The molecule has 132 valence electrons. The zero-order chi connectivity index (χ0) is 17.8. The average Bonchev–Trinajstić information content (AvgIpc) is 3.32. The Bertz CT molecular complexity index is 825. The lowest BCUT2D eigenvalue weighted by atomic mass is 10.0. The monoisotopic (exact) mass is 361 g/mol. The van der Waals surface area contributed by atoms with E-state index in [4.69, 9.17) is 4.42 Å². The minimum absolute atomic E-state index is 0.156. The lowest BCUT2D eigenvalue weighted by Gasteiger charge is -2.20. The smallest absolute Gasteiger partial charge is 0.287 e. The van der Waals surface area contributed by atoms with Gasteiger partial charge in [0.25, 0.3) is 5.91 Å². The lowest BCUT2D eigenvalue weighted by molar-refractivity contribution is 0.0892. The first-order chi connectivity index (χ1) is 12.0. The molecule has 0 aliphatic heterocycles. The number of hydrogen-bond acceptors (Lipinski definition) is 7. The predicted octanol–water partition coefficient (Wildman–Crippen LogP) is 1.95. The van der Waals surface area contributed by atoms with E-state index in [0.29, 0.717) is 22.5 Å². The van der Waals surface area contributed by atoms with E-state index in [-0.39, 0.29) is 23.6 Å². The van der Waals surface area contributed by atoms with Gasteiger partial charge in [0, 0.05) is 7.05 Å². The van der Waals surface area contributed by atoms with E-state index in [0.717, 1.165) is 0 Å². The summed E-state index contributed by atoms with van der Waals surface area (Å²) in [5, 5.41) is 14.3. The molecular formula is C15H19N7O2S. The summed E-state index contributed by atoms with van der Waals surface area (Å²) >= 11 is 1.45. The Hall–Kier alpha value is -2.62. The molecule has 0 radical (unpaired) electrons. The van der Waals surface area contributed by atoms with Crippen LogP contribution in [0.5, 0.6) is 0 Å². The van der Waals surface area contributed by atoms with Gasteiger partial charge in [-0.15, -0.1) is 0 Å². The Kier molecular flexibility index (Phi) is 5.17. The molecule has 9 nitrogen and oxygen atoms in total. The number of H-pyrrole nitrogens is 1. The highest BCUT2D eigenvalue weighted by molar-refractivity contribution is 7.98. The van der Waals surface area contributed by atoms with Crippen molar-refractivity contribution in [1.29, 1.82) is 0 Å². The first-order valence-corrected chi connectivity index (χ1v) is 8.74. The second kappa shape index (κ2) is 7.51. The first-order valence-electron chi connectivity index (χ1n) is 7.76. The van der Waals surface area contributed by atoms with Crippen molar-refractivity contribution in [2.45, 2.75) is 30.8 Å². The van der Waals surface area contributed by atoms with Crippen LogP contribution in [-0.2, 0) is 12.8 Å². The van der Waals surface area contributed by atoms with Crippen molar-refractivity contribution in [2.24, 2.45) is 13.0 Å². The summed E-state index contributed by atoms with van der Waals surface area (Å²) in [7, 11) is 1.80. The van der Waals surface area contributed by atoms with Crippen LogP contribution in [0.15, 0.2) is 34.4 Å². The maximum atomic E-state index is 12.5. The fraction of sp³-hybridized carbons (Fsp3) is 0.400. The Balaban J connectivity index is 1.65. The molecule has 0 aliphatic carbocycles. The van der Waals surface area contributed by atoms with Crippen LogP contribution in [0.3, 0.4) is 0 Å². The van der Waals surface area contributed by atoms with Gasteiger partial charge in [0.05, 0.1) is 11.8 Å². The Morgan fingerprint density at radius 1 is 1.36 bits per heavy atom. The van der Waals surface area contributed by atoms with Crippen molar-refractivity contribution in [1.82, 2.24) is 35.3 Å². The second-order valence-corrected chi connectivity index (χ2v) is 6.75. The molecule has 3 rings (SSSR count). The molecule has 1 amide bonds. The quantitative estimate of drug-likeness (QED) is 0.618. The highest BCUT2D eigenvalue weighted by Crippen LogP contribution is 2.22. The molecule has 3 aromatic heterocycles. The normalized spacial score (nSPS) is 12.5. The number of amides is 1. The molecule has 0 aliphatic rings. The van der Waals surface area contributed by atoms with E-state index >= 15 is 0 Å². The van der Waals surface area contributed by atoms with E-state index in [1.165, 1.54) is 24.4 Å². The molecule has 1 atom stereocenters. The van der Waals surface area contributed by atoms with Gasteiger partial charge < -0.3 is 9.73 Å². The molecule has 10 heteroatoms. The molecule has 25 heavy (non-hydrogen) atoms. The van der Waals surface area contributed by atoms with Crippen molar-refractivity contribution < 1.29 is 9.21 Å². The van der Waals surface area contributed by atoms with Crippen LogP contribution in [0.25, 0.3) is 0 Å². The van der Waals surface area contributed by atoms with Gasteiger partial charge in [0.2, 0.25) is 0 Å².